The summed E-state index contributed by atoms with van der Waals surface area (Å²) in [6, 6.07) is -1.21. The van der Waals surface area contributed by atoms with Crippen molar-refractivity contribution in [2.24, 2.45) is 0 Å². The molecule has 10 heteroatoms. The molecule has 1 saturated heterocycles. The summed E-state index contributed by atoms with van der Waals surface area (Å²) in [7, 11) is 0.990. The molecular weight excluding hydrogens is 302 g/mol. The fourth-order valence-corrected chi connectivity index (χ4v) is 2.29. The number of rotatable bonds is 5. The largest absolute Gasteiger partial charge is 0.465 e. The van der Waals surface area contributed by atoms with E-state index in [0.29, 0.717) is 0 Å². The van der Waals surface area contributed by atoms with E-state index in [1.807, 2.05) is 0 Å². The van der Waals surface area contributed by atoms with Crippen LogP contribution in [0.25, 0.3) is 0 Å². The second-order valence-electron chi connectivity index (χ2n) is 5.10. The van der Waals surface area contributed by atoms with Crippen LogP contribution < -0.4 is 5.32 Å². The second-order valence-corrected chi connectivity index (χ2v) is 5.10. The number of esters is 1. The van der Waals surface area contributed by atoms with Crippen LogP contribution in [0.5, 0.6) is 0 Å². The molecule has 0 aliphatic carbocycles. The molecule has 0 aromatic carbocycles. The zero-order valence-corrected chi connectivity index (χ0v) is 12.2. The van der Waals surface area contributed by atoms with Gasteiger partial charge in [-0.15, -0.1) is 0 Å². The third-order valence-corrected chi connectivity index (χ3v) is 3.38. The van der Waals surface area contributed by atoms with E-state index in [4.69, 9.17) is 9.84 Å². The van der Waals surface area contributed by atoms with Crippen molar-refractivity contribution >= 4 is 11.9 Å². The molecule has 0 aromatic heterocycles. The molecule has 6 N–H and O–H groups in total. The number of amides is 1. The summed E-state index contributed by atoms with van der Waals surface area (Å²) < 4.78 is 9.45. The molecule has 0 bridgehead atoms. The van der Waals surface area contributed by atoms with Gasteiger partial charge >= 0.3 is 5.97 Å². The van der Waals surface area contributed by atoms with Crippen molar-refractivity contribution in [2.45, 2.75) is 49.6 Å². The lowest BCUT2D eigenvalue weighted by Crippen LogP contribution is -2.67. The van der Waals surface area contributed by atoms with Crippen molar-refractivity contribution in [1.82, 2.24) is 5.32 Å². The topological polar surface area (TPSA) is 166 Å². The van der Waals surface area contributed by atoms with Crippen molar-refractivity contribution in [3.8, 4) is 0 Å². The van der Waals surface area contributed by atoms with Gasteiger partial charge in [-0.25, -0.2) is 4.79 Å². The van der Waals surface area contributed by atoms with Crippen LogP contribution in [0, 0.1) is 0 Å². The summed E-state index contributed by atoms with van der Waals surface area (Å²) in [4.78, 5) is 22.8. The predicted octanol–water partition coefficient (Wildman–Crippen LogP) is -3.78. The third kappa shape index (κ3) is 3.91. The maximum absolute atomic E-state index is 11.6. The molecule has 1 rings (SSSR count). The smallest absolute Gasteiger partial charge is 0.366 e. The maximum atomic E-state index is 11.6. The molecule has 0 radical (unpaired) electrons. The Labute approximate surface area is 126 Å². The molecule has 1 fully saturated rings. The fourth-order valence-electron chi connectivity index (χ4n) is 2.29. The van der Waals surface area contributed by atoms with Gasteiger partial charge in [-0.2, -0.15) is 0 Å². The number of ether oxygens (including phenoxy) is 2. The number of methoxy groups -OCH3 is 1. The molecule has 1 heterocycles. The summed E-state index contributed by atoms with van der Waals surface area (Å²) in [6.07, 6.45) is -7.09. The summed E-state index contributed by atoms with van der Waals surface area (Å²) in [5.74, 6) is -4.32. The van der Waals surface area contributed by atoms with Crippen LogP contribution in [0.2, 0.25) is 0 Å². The van der Waals surface area contributed by atoms with Crippen molar-refractivity contribution in [3.63, 3.8) is 0 Å². The van der Waals surface area contributed by atoms with Crippen LogP contribution in [0.3, 0.4) is 0 Å². The minimum absolute atomic E-state index is 0.563. The number of hydrogen-bond donors (Lipinski definition) is 6. The van der Waals surface area contributed by atoms with Crippen molar-refractivity contribution in [1.29, 1.82) is 0 Å². The van der Waals surface area contributed by atoms with Crippen LogP contribution in [0.1, 0.15) is 13.3 Å². The summed E-state index contributed by atoms with van der Waals surface area (Å²) in [6.45, 7) is 0.320. The number of hydrogen-bond acceptors (Lipinski definition) is 9. The summed E-state index contributed by atoms with van der Waals surface area (Å²) in [5, 5.41) is 50.8. The van der Waals surface area contributed by atoms with E-state index >= 15 is 0 Å². The quantitative estimate of drug-likeness (QED) is 0.278. The zero-order valence-electron chi connectivity index (χ0n) is 12.2. The Kier molecular flexibility index (Phi) is 6.23. The number of nitrogens with one attached hydrogen (secondary N) is 1. The van der Waals surface area contributed by atoms with E-state index in [1.165, 1.54) is 0 Å². The lowest BCUT2D eigenvalue weighted by atomic mass is 9.88. The average Bonchev–Trinajstić information content (AvgIpc) is 2.46. The highest BCUT2D eigenvalue weighted by molar-refractivity contribution is 5.78. The summed E-state index contributed by atoms with van der Waals surface area (Å²) in [5.41, 5.74) is 0. The normalized spacial score (nSPS) is 34.6. The van der Waals surface area contributed by atoms with Gasteiger partial charge in [-0.3, -0.25) is 4.79 Å². The molecule has 0 spiro atoms. The third-order valence-electron chi connectivity index (χ3n) is 3.38. The molecule has 22 heavy (non-hydrogen) atoms. The van der Waals surface area contributed by atoms with Gasteiger partial charge in [0.05, 0.1) is 25.9 Å². The molecule has 6 atom stereocenters. The number of aliphatic hydroxyl groups excluding tert-OH is 4. The van der Waals surface area contributed by atoms with Crippen LogP contribution in [-0.4, -0.2) is 87.4 Å². The zero-order chi connectivity index (χ0) is 17.1. The van der Waals surface area contributed by atoms with Crippen molar-refractivity contribution in [3.05, 3.63) is 0 Å². The molecule has 128 valence electrons. The van der Waals surface area contributed by atoms with Gasteiger partial charge in [0.2, 0.25) is 5.91 Å². The van der Waals surface area contributed by atoms with Gasteiger partial charge in [0.25, 0.3) is 5.79 Å². The van der Waals surface area contributed by atoms with E-state index in [0.717, 1.165) is 14.0 Å². The summed E-state index contributed by atoms with van der Waals surface area (Å²) >= 11 is 0. The second kappa shape index (κ2) is 7.31. The lowest BCUT2D eigenvalue weighted by molar-refractivity contribution is -0.296. The Morgan fingerprint density at radius 3 is 2.50 bits per heavy atom. The Bertz CT molecular complexity index is 417. The van der Waals surface area contributed by atoms with Crippen LogP contribution in [0.4, 0.5) is 0 Å². The van der Waals surface area contributed by atoms with E-state index in [-0.39, 0.29) is 0 Å². The fraction of sp³-hybridized carbons (Fsp3) is 0.833. The number of aliphatic hydroxyl groups is 5. The van der Waals surface area contributed by atoms with E-state index < -0.39 is 61.1 Å². The van der Waals surface area contributed by atoms with E-state index in [1.54, 1.807) is 0 Å². The first kappa shape index (κ1) is 18.7. The van der Waals surface area contributed by atoms with Gasteiger partial charge in [0, 0.05) is 13.3 Å². The first-order valence-corrected chi connectivity index (χ1v) is 6.57. The molecule has 10 nitrogen and oxygen atoms in total. The highest BCUT2D eigenvalue weighted by atomic mass is 16.7. The number of carbonyl (C=O) groups is 2. The lowest BCUT2D eigenvalue weighted by Gasteiger charge is -2.45. The molecule has 1 aliphatic heterocycles. The Hall–Kier alpha value is -1.30. The van der Waals surface area contributed by atoms with Crippen LogP contribution in [-0.2, 0) is 19.1 Å². The van der Waals surface area contributed by atoms with Gasteiger partial charge < -0.3 is 40.3 Å². The SMILES string of the molecule is COC(=O)[C@]1(O)C[C@@H](O)[C@@H](NC(C)=O)C([C@@H](O)[C@H](O)CO)O1. The Morgan fingerprint density at radius 1 is 1.45 bits per heavy atom. The van der Waals surface area contributed by atoms with E-state index in [2.05, 4.69) is 10.1 Å². The number of carbonyl (C=O) groups excluding carboxylic acids is 2. The van der Waals surface area contributed by atoms with Crippen molar-refractivity contribution < 1.29 is 44.6 Å². The molecule has 0 saturated carbocycles. The van der Waals surface area contributed by atoms with Gasteiger partial charge in [0.1, 0.15) is 18.3 Å². The molecule has 1 unspecified atom stereocenters. The Balaban J connectivity index is 3.09. The highest BCUT2D eigenvalue weighted by Crippen LogP contribution is 2.31. The maximum Gasteiger partial charge on any atom is 0.366 e. The molecule has 0 aromatic rings. The van der Waals surface area contributed by atoms with Gasteiger partial charge in [0.15, 0.2) is 0 Å². The average molecular weight is 323 g/mol. The Morgan fingerprint density at radius 2 is 2.05 bits per heavy atom. The monoisotopic (exact) mass is 323 g/mol. The highest BCUT2D eigenvalue weighted by Gasteiger charge is 2.54. The first-order chi connectivity index (χ1) is 10.2. The standard InChI is InChI=1S/C12H21NO9/c1-5(15)13-8-6(16)3-12(20,11(19)21-2)22-10(8)9(18)7(17)4-14/h6-10,14,16-18,20H,3-4H2,1-2H3,(H,13,15)/t6-,7-,8-,9+,10?,12+/m1/s1. The van der Waals surface area contributed by atoms with Crippen LogP contribution in [0.15, 0.2) is 0 Å². The molecule has 1 amide bonds. The van der Waals surface area contributed by atoms with Crippen LogP contribution >= 0.6 is 0 Å². The molecule has 1 aliphatic rings. The van der Waals surface area contributed by atoms with E-state index in [9.17, 15) is 30.0 Å². The molecular formula is C12H21NO9. The van der Waals surface area contributed by atoms with Gasteiger partial charge in [-0.05, 0) is 0 Å². The minimum Gasteiger partial charge on any atom is -0.465 e. The minimum atomic E-state index is -2.55. The van der Waals surface area contributed by atoms with Gasteiger partial charge in [-0.1, -0.05) is 0 Å². The predicted molar refractivity (Wildman–Crippen MR) is 69.2 cm³/mol. The first-order valence-electron chi connectivity index (χ1n) is 6.57. The van der Waals surface area contributed by atoms with Crippen molar-refractivity contribution in [2.75, 3.05) is 13.7 Å².